The highest BCUT2D eigenvalue weighted by atomic mass is 35.5. The first-order valence-corrected chi connectivity index (χ1v) is 16.5. The smallest absolute Gasteiger partial charge is 0.408 e. The number of ether oxygens (including phenoxy) is 2. The molecule has 0 aliphatic heterocycles. The average molecular weight is 688 g/mol. The van der Waals surface area contributed by atoms with Crippen molar-refractivity contribution in [3.8, 4) is 5.75 Å². The lowest BCUT2D eigenvalue weighted by molar-refractivity contribution is -0.123. The number of alkyl halides is 2. The largest absolute Gasteiger partial charge is 0.493 e. The average Bonchev–Trinajstić information content (AvgIpc) is 3.01. The van der Waals surface area contributed by atoms with Gasteiger partial charge in [-0.3, -0.25) is 9.36 Å². The molecule has 2 amide bonds. The summed E-state index contributed by atoms with van der Waals surface area (Å²) in [5.74, 6) is -0.0353. The molecule has 0 aromatic heterocycles. The normalized spacial score (nSPS) is 14.1. The van der Waals surface area contributed by atoms with Crippen molar-refractivity contribution in [1.82, 2.24) is 10.6 Å². The number of halogens is 4. The molecule has 3 atom stereocenters. The summed E-state index contributed by atoms with van der Waals surface area (Å²) >= 11 is 11.9. The van der Waals surface area contributed by atoms with Gasteiger partial charge in [0.2, 0.25) is 5.91 Å². The van der Waals surface area contributed by atoms with E-state index < -0.39 is 43.0 Å². The van der Waals surface area contributed by atoms with Crippen LogP contribution in [0.3, 0.4) is 0 Å². The Hall–Kier alpha value is -3.21. The van der Waals surface area contributed by atoms with Crippen LogP contribution in [0.4, 0.5) is 13.6 Å². The van der Waals surface area contributed by atoms with E-state index in [0.717, 1.165) is 17.7 Å². The van der Waals surface area contributed by atoms with Gasteiger partial charge in [0.1, 0.15) is 18.4 Å². The summed E-state index contributed by atoms with van der Waals surface area (Å²) in [5.41, 5.74) is -3.74. The third-order valence-corrected chi connectivity index (χ3v) is 8.95. The monoisotopic (exact) mass is 686 g/mol. The molecule has 0 saturated heterocycles. The number of benzene rings is 3. The number of hydrogen-bond acceptors (Lipinski definition) is 6. The van der Waals surface area contributed by atoms with Crippen LogP contribution < -0.4 is 15.4 Å². The number of amides is 2. The van der Waals surface area contributed by atoms with E-state index in [2.05, 4.69) is 10.6 Å². The van der Waals surface area contributed by atoms with E-state index in [0.29, 0.717) is 27.8 Å². The lowest BCUT2D eigenvalue weighted by atomic mass is 10.0. The van der Waals surface area contributed by atoms with E-state index in [-0.39, 0.29) is 32.6 Å². The fraction of sp³-hybridized carbons (Fsp3) is 0.355. The summed E-state index contributed by atoms with van der Waals surface area (Å²) < 4.78 is 57.8. The molecule has 3 rings (SSSR count). The lowest BCUT2D eigenvalue weighted by Crippen LogP contribution is -2.48. The van der Waals surface area contributed by atoms with E-state index in [9.17, 15) is 27.8 Å². The third kappa shape index (κ3) is 11.0. The van der Waals surface area contributed by atoms with Gasteiger partial charge < -0.3 is 29.5 Å². The maximum Gasteiger partial charge on any atom is 0.408 e. The summed E-state index contributed by atoms with van der Waals surface area (Å²) in [7, 11) is -5.34. The first-order valence-electron chi connectivity index (χ1n) is 14.1. The molecule has 3 aromatic carbocycles. The molecule has 0 aliphatic rings. The van der Waals surface area contributed by atoms with Gasteiger partial charge in [-0.1, -0.05) is 84.7 Å². The van der Waals surface area contributed by atoms with Crippen LogP contribution >= 0.6 is 30.8 Å². The van der Waals surface area contributed by atoms with Crippen molar-refractivity contribution < 1.29 is 41.8 Å². The van der Waals surface area contributed by atoms with Crippen LogP contribution in [0.2, 0.25) is 10.0 Å². The van der Waals surface area contributed by atoms with Crippen molar-refractivity contribution in [2.75, 3.05) is 13.2 Å². The molecule has 3 aromatic rings. The molecule has 3 N–H and O–H groups in total. The first kappa shape index (κ1) is 36.3. The molecule has 244 valence electrons. The van der Waals surface area contributed by atoms with Crippen molar-refractivity contribution in [3.63, 3.8) is 0 Å². The lowest BCUT2D eigenvalue weighted by Gasteiger charge is -2.25. The number of carbonyl (C=O) groups is 2. The molecular weight excluding hydrogens is 652 g/mol. The molecule has 0 fully saturated rings. The fourth-order valence-electron chi connectivity index (χ4n) is 3.90. The predicted molar refractivity (Wildman–Crippen MR) is 168 cm³/mol. The minimum absolute atomic E-state index is 0.0310. The minimum atomic E-state index is -5.34. The molecule has 3 unspecified atom stereocenters. The van der Waals surface area contributed by atoms with Crippen molar-refractivity contribution >= 4 is 42.8 Å². The molecule has 0 spiro atoms. The SMILES string of the molecule is CCC(C)OP(=O)(O)C(F)(F)c1ccc(CC(NC(=O)OCc2ccccc2)C(=O)NCCCOc2ccc(Cl)c(Cl)c2)cc1. The third-order valence-electron chi connectivity index (χ3n) is 6.60. The second kappa shape index (κ2) is 16.9. The maximum absolute atomic E-state index is 14.9. The number of hydrogen-bond donors (Lipinski definition) is 3. The Morgan fingerprint density at radius 2 is 1.69 bits per heavy atom. The quantitative estimate of drug-likeness (QED) is 0.106. The van der Waals surface area contributed by atoms with E-state index in [1.165, 1.54) is 19.1 Å². The summed E-state index contributed by atoms with van der Waals surface area (Å²) in [6.45, 7) is 3.48. The van der Waals surface area contributed by atoms with E-state index in [1.807, 2.05) is 6.07 Å². The summed E-state index contributed by atoms with van der Waals surface area (Å²) in [6.07, 6.45) is -1.10. The Morgan fingerprint density at radius 1 is 1.00 bits per heavy atom. The van der Waals surface area contributed by atoms with Crippen LogP contribution in [-0.2, 0) is 37.3 Å². The van der Waals surface area contributed by atoms with Gasteiger partial charge in [-0.2, -0.15) is 8.78 Å². The van der Waals surface area contributed by atoms with Gasteiger partial charge >= 0.3 is 19.4 Å². The molecule has 0 heterocycles. The zero-order valence-corrected chi connectivity index (χ0v) is 27.1. The van der Waals surface area contributed by atoms with Crippen LogP contribution in [0.15, 0.2) is 72.8 Å². The van der Waals surface area contributed by atoms with Gasteiger partial charge in [0.25, 0.3) is 0 Å². The van der Waals surface area contributed by atoms with Crippen molar-refractivity contribution in [1.29, 1.82) is 0 Å². The molecule has 9 nitrogen and oxygen atoms in total. The van der Waals surface area contributed by atoms with Gasteiger partial charge in [0.15, 0.2) is 0 Å². The molecular formula is C31H35Cl2F2N2O7P. The highest BCUT2D eigenvalue weighted by Gasteiger charge is 2.53. The molecule has 0 aliphatic carbocycles. The zero-order valence-electron chi connectivity index (χ0n) is 24.7. The van der Waals surface area contributed by atoms with Gasteiger partial charge in [-0.15, -0.1) is 0 Å². The van der Waals surface area contributed by atoms with Crippen molar-refractivity contribution in [2.24, 2.45) is 0 Å². The zero-order chi connectivity index (χ0) is 33.0. The molecule has 45 heavy (non-hydrogen) atoms. The summed E-state index contributed by atoms with van der Waals surface area (Å²) in [5, 5.41) is 5.99. The Balaban J connectivity index is 1.64. The first-order chi connectivity index (χ1) is 21.3. The van der Waals surface area contributed by atoms with E-state index in [4.69, 9.17) is 37.2 Å². The van der Waals surface area contributed by atoms with E-state index >= 15 is 0 Å². The van der Waals surface area contributed by atoms with Crippen LogP contribution in [0.5, 0.6) is 5.75 Å². The van der Waals surface area contributed by atoms with Crippen molar-refractivity contribution in [2.45, 2.75) is 57.5 Å². The van der Waals surface area contributed by atoms with Crippen LogP contribution in [-0.4, -0.2) is 42.2 Å². The summed E-state index contributed by atoms with van der Waals surface area (Å²) in [6, 6.07) is 17.2. The fourth-order valence-corrected chi connectivity index (χ4v) is 5.44. The Morgan fingerprint density at radius 3 is 2.33 bits per heavy atom. The molecule has 0 saturated carbocycles. The van der Waals surface area contributed by atoms with Gasteiger partial charge in [0.05, 0.1) is 22.8 Å². The Kier molecular flexibility index (Phi) is 13.6. The standard InChI is InChI=1S/C31H35Cl2F2N2O7P/c1-3-21(2)44-45(40,41)31(34,35)24-12-10-22(11-13-24)18-28(37-30(39)43-20-23-8-5-4-6-9-23)29(38)36-16-7-17-42-25-14-15-26(32)27(33)19-25/h4-6,8-15,19,21,28H,3,7,16-18,20H2,1-2H3,(H,36,38)(H,37,39)(H,40,41). The minimum Gasteiger partial charge on any atom is -0.493 e. The van der Waals surface area contributed by atoms with Gasteiger partial charge in [-0.25, -0.2) is 4.79 Å². The topological polar surface area (TPSA) is 123 Å². The molecule has 0 bridgehead atoms. The van der Waals surface area contributed by atoms with Crippen molar-refractivity contribution in [3.05, 3.63) is 99.5 Å². The van der Waals surface area contributed by atoms with E-state index in [1.54, 1.807) is 49.4 Å². The molecule has 14 heteroatoms. The Labute approximate surface area is 270 Å². The van der Waals surface area contributed by atoms with Crippen LogP contribution in [0.1, 0.15) is 43.4 Å². The second-order valence-electron chi connectivity index (χ2n) is 10.1. The highest BCUT2D eigenvalue weighted by molar-refractivity contribution is 7.53. The Bertz CT molecular complexity index is 1470. The predicted octanol–water partition coefficient (Wildman–Crippen LogP) is 7.47. The second-order valence-corrected chi connectivity index (χ2v) is 12.7. The number of alkyl carbamates (subject to hydrolysis) is 1. The van der Waals surface area contributed by atoms with Gasteiger partial charge in [0, 0.05) is 24.6 Å². The number of rotatable bonds is 16. The number of nitrogens with one attached hydrogen (secondary N) is 2. The van der Waals surface area contributed by atoms with Crippen LogP contribution in [0.25, 0.3) is 0 Å². The van der Waals surface area contributed by atoms with Crippen LogP contribution in [0, 0.1) is 0 Å². The summed E-state index contributed by atoms with van der Waals surface area (Å²) in [4.78, 5) is 35.7. The maximum atomic E-state index is 14.9. The molecule has 0 radical (unpaired) electrons. The number of carbonyl (C=O) groups excluding carboxylic acids is 2. The van der Waals surface area contributed by atoms with Gasteiger partial charge in [-0.05, 0) is 43.0 Å². The highest BCUT2D eigenvalue weighted by Crippen LogP contribution is 2.63.